The molecule has 0 unspecified atom stereocenters. The molecule has 14 heteroatoms. The van der Waals surface area contributed by atoms with E-state index in [9.17, 15) is 25.9 Å². The predicted octanol–water partition coefficient (Wildman–Crippen LogP) is 6.42. The average Bonchev–Trinajstić information content (AvgIpc) is 3.15. The summed E-state index contributed by atoms with van der Waals surface area (Å²) in [5.41, 5.74) is 9.82. The van der Waals surface area contributed by atoms with Crippen molar-refractivity contribution in [2.24, 2.45) is 10.7 Å². The molecule has 0 amide bonds. The van der Waals surface area contributed by atoms with Gasteiger partial charge in [0.05, 0.1) is 21.5 Å². The van der Waals surface area contributed by atoms with Crippen molar-refractivity contribution in [3.8, 4) is 22.5 Å². The van der Waals surface area contributed by atoms with Crippen molar-refractivity contribution < 1.29 is 30.4 Å². The van der Waals surface area contributed by atoms with Crippen LogP contribution in [0.15, 0.2) is 134 Å². The number of hydrogen-bond acceptors (Lipinski definition) is 9. The van der Waals surface area contributed by atoms with Gasteiger partial charge in [0.1, 0.15) is 44.7 Å². The third-order valence-corrected chi connectivity index (χ3v) is 10.5. The van der Waals surface area contributed by atoms with Crippen LogP contribution in [-0.2, 0) is 20.2 Å². The first-order valence-electron chi connectivity index (χ1n) is 17.4. The average molecular weight is 769 g/mol. The van der Waals surface area contributed by atoms with Crippen molar-refractivity contribution in [1.82, 2.24) is 4.58 Å². The van der Waals surface area contributed by atoms with Crippen LogP contribution in [0.3, 0.4) is 0 Å². The normalized spacial score (nSPS) is 11.9. The number of para-hydroxylation sites is 2. The molecular weight excluding hydrogens is 727 g/mol. The van der Waals surface area contributed by atoms with Crippen LogP contribution in [0.2, 0.25) is 0 Å². The monoisotopic (exact) mass is 768 g/mol. The van der Waals surface area contributed by atoms with Crippen molar-refractivity contribution in [3.63, 3.8) is 0 Å². The molecule has 54 heavy (non-hydrogen) atoms. The highest BCUT2D eigenvalue weighted by atomic mass is 32.2. The van der Waals surface area contributed by atoms with Gasteiger partial charge in [-0.2, -0.15) is 0 Å². The summed E-state index contributed by atoms with van der Waals surface area (Å²) < 4.78 is 80.3. The molecule has 3 N–H and O–H groups in total. The van der Waals surface area contributed by atoms with Crippen molar-refractivity contribution in [2.45, 2.75) is 37.5 Å². The van der Waals surface area contributed by atoms with E-state index in [1.807, 2.05) is 113 Å². The number of benzene rings is 5. The molecule has 0 saturated carbocycles. The Bertz CT molecular complexity index is 2530. The number of nitrogens with zero attached hydrogens (tertiary/aromatic N) is 3. The van der Waals surface area contributed by atoms with Gasteiger partial charge in [0, 0.05) is 58.7 Å². The molecule has 2 aliphatic rings. The Hall–Kier alpha value is -5.54. The van der Waals surface area contributed by atoms with Crippen LogP contribution in [0, 0.1) is 0 Å². The van der Waals surface area contributed by atoms with E-state index < -0.39 is 30.0 Å². The third-order valence-electron chi connectivity index (χ3n) is 8.78. The van der Waals surface area contributed by atoms with Crippen LogP contribution in [0.1, 0.15) is 27.7 Å². The first kappa shape index (κ1) is 39.7. The van der Waals surface area contributed by atoms with Gasteiger partial charge in [-0.1, -0.05) is 42.5 Å². The zero-order chi connectivity index (χ0) is 39.0. The Kier molecular flexibility index (Phi) is 12.5. The minimum atomic E-state index is -5.16. The maximum atomic E-state index is 12.3. The van der Waals surface area contributed by atoms with Crippen molar-refractivity contribution in [1.29, 1.82) is 0 Å². The third kappa shape index (κ3) is 9.33. The second-order valence-corrected chi connectivity index (χ2v) is 14.8. The van der Waals surface area contributed by atoms with E-state index in [0.29, 0.717) is 39.9 Å². The molecule has 0 aromatic heterocycles. The van der Waals surface area contributed by atoms with Gasteiger partial charge >= 0.3 is 0 Å². The second kappa shape index (κ2) is 17.1. The number of hydrogen-bond donors (Lipinski definition) is 2. The Morgan fingerprint density at radius 1 is 0.759 bits per heavy atom. The lowest BCUT2D eigenvalue weighted by Gasteiger charge is -2.23. The van der Waals surface area contributed by atoms with E-state index in [4.69, 9.17) is 10.2 Å². The Labute approximate surface area is 315 Å². The van der Waals surface area contributed by atoms with Gasteiger partial charge in [-0.25, -0.2) is 26.4 Å². The van der Waals surface area contributed by atoms with Crippen LogP contribution >= 0.6 is 0 Å². The van der Waals surface area contributed by atoms with Crippen molar-refractivity contribution >= 4 is 54.2 Å². The number of fused-ring (bicyclic) bond motifs is 2. The van der Waals surface area contributed by atoms with E-state index in [-0.39, 0.29) is 5.56 Å². The molecule has 0 spiro atoms. The minimum Gasteiger partial charge on any atom is -0.744 e. The molecule has 1 heterocycles. The molecule has 1 aliphatic carbocycles. The molecular formula is C40H42N5O7S2-. The minimum absolute atomic E-state index is 0.00983. The van der Waals surface area contributed by atoms with Gasteiger partial charge in [0.25, 0.3) is 0 Å². The highest BCUT2D eigenvalue weighted by Gasteiger charge is 2.23. The zero-order valence-corrected chi connectivity index (χ0v) is 32.0. The summed E-state index contributed by atoms with van der Waals surface area (Å²) in [7, 11) is -10.2. The maximum absolute atomic E-state index is 12.3. The number of anilines is 2. The fourth-order valence-corrected chi connectivity index (χ4v) is 7.42. The molecule has 6 rings (SSSR count). The van der Waals surface area contributed by atoms with E-state index in [2.05, 4.69) is 19.8 Å². The van der Waals surface area contributed by atoms with Crippen molar-refractivity contribution in [2.75, 3.05) is 36.4 Å². The summed E-state index contributed by atoms with van der Waals surface area (Å²) in [5.74, 6) is 0.848. The molecule has 4 aromatic rings. The maximum Gasteiger partial charge on any atom is 0.203 e. The Morgan fingerprint density at radius 3 is 1.98 bits per heavy atom. The number of aliphatic imine (C=N–C) groups is 1. The van der Waals surface area contributed by atoms with Gasteiger partial charge in [0.2, 0.25) is 5.36 Å². The van der Waals surface area contributed by atoms with Gasteiger partial charge < -0.3 is 29.5 Å². The number of rotatable bonds is 10. The molecule has 0 bridgehead atoms. The van der Waals surface area contributed by atoms with E-state index in [0.717, 1.165) is 54.7 Å². The lowest BCUT2D eigenvalue weighted by Crippen LogP contribution is -2.29. The molecule has 0 fully saturated rings. The predicted molar refractivity (Wildman–Crippen MR) is 212 cm³/mol. The number of nitrogens with one attached hydrogen (secondary N) is 1. The zero-order valence-electron chi connectivity index (χ0n) is 30.4. The lowest BCUT2D eigenvalue weighted by molar-refractivity contribution is 0.461. The SMILES string of the molecule is CCN(CC)c1ccc2c(-c3ccc(S(=O)(=O)[O-])cc3S(=O)(=O)[O-])c3ccc(=[N+](CC)CC)cc-3oc2c1.NC(=Nc1ccccc1)Nc1ccccc1. The smallest absolute Gasteiger partial charge is 0.203 e. The lowest BCUT2D eigenvalue weighted by atomic mass is 9.93. The summed E-state index contributed by atoms with van der Waals surface area (Å²) in [6.07, 6.45) is 0. The highest BCUT2D eigenvalue weighted by molar-refractivity contribution is 7.86. The first-order chi connectivity index (χ1) is 25.8. The number of nitrogens with two attached hydrogens (primary N) is 1. The molecule has 4 aromatic carbocycles. The van der Waals surface area contributed by atoms with Gasteiger partial charge in [-0.05, 0) is 82.3 Å². The van der Waals surface area contributed by atoms with E-state index in [1.54, 1.807) is 12.1 Å². The standard InChI is InChI=1S/C27H30N2O7S2.C13H13N3/c1-5-28(6-2)18-9-12-21-24(15-18)36-25-16-19(29(7-3)8-4)10-13-22(25)27(21)23-14-11-20(37(30,31)32)17-26(23)38(33,34)35;14-13(15-11-7-3-1-4-8-11)16-12-9-5-2-6-10-12/h9-17H,5-8H2,1-4H3,(H-,30,31,32,33,34,35);1-10H,(H3,14,15,16)/p-1. The van der Waals surface area contributed by atoms with Crippen molar-refractivity contribution in [3.05, 3.63) is 121 Å². The molecule has 0 atom stereocenters. The molecule has 12 nitrogen and oxygen atoms in total. The second-order valence-electron chi connectivity index (χ2n) is 12.1. The summed E-state index contributed by atoms with van der Waals surface area (Å²) in [4.78, 5) is 4.79. The van der Waals surface area contributed by atoms with E-state index >= 15 is 0 Å². The highest BCUT2D eigenvalue weighted by Crippen LogP contribution is 2.43. The van der Waals surface area contributed by atoms with Gasteiger partial charge in [-0.3, -0.25) is 0 Å². The molecule has 1 aliphatic heterocycles. The quantitative estimate of drug-likeness (QED) is 0.0519. The van der Waals surface area contributed by atoms with Crippen LogP contribution in [-0.4, -0.2) is 58.1 Å². The topological polar surface area (TPSA) is 184 Å². The summed E-state index contributed by atoms with van der Waals surface area (Å²) in [6, 6.07) is 33.2. The fraction of sp³-hybridized carbons (Fsp3) is 0.200. The Balaban J connectivity index is 0.000000291. The fourth-order valence-electron chi connectivity index (χ4n) is 6.14. The summed E-state index contributed by atoms with van der Waals surface area (Å²) in [6.45, 7) is 11.2. The van der Waals surface area contributed by atoms with Crippen LogP contribution in [0.5, 0.6) is 0 Å². The summed E-state index contributed by atoms with van der Waals surface area (Å²) >= 11 is 0. The Morgan fingerprint density at radius 2 is 1.39 bits per heavy atom. The van der Waals surface area contributed by atoms with Gasteiger partial charge in [0.15, 0.2) is 5.96 Å². The molecule has 282 valence electrons. The first-order valence-corrected chi connectivity index (χ1v) is 20.2. The van der Waals surface area contributed by atoms with E-state index in [1.165, 1.54) is 6.07 Å². The van der Waals surface area contributed by atoms with Gasteiger partial charge in [-0.15, -0.1) is 0 Å². The molecule has 0 saturated heterocycles. The summed E-state index contributed by atoms with van der Waals surface area (Å²) in [5, 5.41) is 4.46. The number of guanidine groups is 1. The van der Waals surface area contributed by atoms with Crippen LogP contribution in [0.4, 0.5) is 17.1 Å². The van der Waals surface area contributed by atoms with Crippen LogP contribution in [0.25, 0.3) is 33.4 Å². The molecule has 0 radical (unpaired) electrons. The van der Waals surface area contributed by atoms with Crippen LogP contribution < -0.4 is 25.9 Å². The largest absolute Gasteiger partial charge is 0.744 e.